The molecule has 0 aliphatic heterocycles. The van der Waals surface area contributed by atoms with Gasteiger partial charge in [-0.15, -0.1) is 0 Å². The van der Waals surface area contributed by atoms with Gasteiger partial charge in [0.05, 0.1) is 12.2 Å². The highest BCUT2D eigenvalue weighted by atomic mass is 16.4. The van der Waals surface area contributed by atoms with Gasteiger partial charge in [-0.05, 0) is 37.3 Å². The van der Waals surface area contributed by atoms with Crippen molar-refractivity contribution in [3.05, 3.63) is 48.4 Å². The first-order valence-electron chi connectivity index (χ1n) is 7.81. The van der Waals surface area contributed by atoms with Gasteiger partial charge in [0, 0.05) is 11.6 Å². The van der Waals surface area contributed by atoms with E-state index in [4.69, 9.17) is 9.52 Å². The number of amides is 1. The van der Waals surface area contributed by atoms with E-state index in [-0.39, 0.29) is 17.9 Å². The van der Waals surface area contributed by atoms with Crippen molar-refractivity contribution in [3.8, 4) is 11.1 Å². The quantitative estimate of drug-likeness (QED) is 0.907. The minimum Gasteiger partial charge on any atom is -0.481 e. The van der Waals surface area contributed by atoms with Gasteiger partial charge in [0.2, 0.25) is 0 Å². The van der Waals surface area contributed by atoms with Crippen LogP contribution in [0.15, 0.2) is 47.1 Å². The number of rotatable bonds is 4. The number of nitrogens with one attached hydrogen (secondary N) is 1. The molecule has 0 unspecified atom stereocenters. The Labute approximate surface area is 134 Å². The molecule has 0 bridgehead atoms. The molecule has 3 rings (SSSR count). The van der Waals surface area contributed by atoms with Gasteiger partial charge in [0.15, 0.2) is 5.76 Å². The third-order valence-corrected chi connectivity index (χ3v) is 4.37. The van der Waals surface area contributed by atoms with Crippen LogP contribution in [0.2, 0.25) is 0 Å². The van der Waals surface area contributed by atoms with Crippen LogP contribution in [0.3, 0.4) is 0 Å². The lowest BCUT2D eigenvalue weighted by molar-refractivity contribution is -0.142. The average Bonchev–Trinajstić information content (AvgIpc) is 3.06. The van der Waals surface area contributed by atoms with E-state index < -0.39 is 5.97 Å². The molecule has 1 heterocycles. The number of benzene rings is 1. The second-order valence-corrected chi connectivity index (χ2v) is 5.89. The van der Waals surface area contributed by atoms with Crippen molar-refractivity contribution in [1.82, 2.24) is 5.32 Å². The normalized spacial score (nSPS) is 20.9. The van der Waals surface area contributed by atoms with E-state index in [1.165, 1.54) is 6.26 Å². The summed E-state index contributed by atoms with van der Waals surface area (Å²) in [6, 6.07) is 11.4. The van der Waals surface area contributed by atoms with Gasteiger partial charge < -0.3 is 14.8 Å². The predicted molar refractivity (Wildman–Crippen MR) is 85.0 cm³/mol. The smallest absolute Gasteiger partial charge is 0.306 e. The van der Waals surface area contributed by atoms with E-state index in [2.05, 4.69) is 5.32 Å². The standard InChI is InChI=1S/C18H19NO4/c20-17(19-14-8-6-13(7-9-14)18(21)22)16-15(10-11-23-16)12-4-2-1-3-5-12/h1-5,10-11,13-14H,6-9H2,(H,19,20)(H,21,22). The van der Waals surface area contributed by atoms with Gasteiger partial charge in [-0.1, -0.05) is 30.3 Å². The molecule has 0 saturated heterocycles. The maximum absolute atomic E-state index is 12.5. The fraction of sp³-hybridized carbons (Fsp3) is 0.333. The van der Waals surface area contributed by atoms with E-state index in [9.17, 15) is 9.59 Å². The molecule has 1 aromatic heterocycles. The zero-order valence-electron chi connectivity index (χ0n) is 12.7. The summed E-state index contributed by atoms with van der Waals surface area (Å²) in [6.07, 6.45) is 4.08. The van der Waals surface area contributed by atoms with E-state index in [0.29, 0.717) is 31.4 Å². The minimum absolute atomic E-state index is 0.00632. The summed E-state index contributed by atoms with van der Waals surface area (Å²) in [7, 11) is 0. The zero-order chi connectivity index (χ0) is 16.2. The Kier molecular flexibility index (Phi) is 4.46. The highest BCUT2D eigenvalue weighted by Crippen LogP contribution is 2.27. The summed E-state index contributed by atoms with van der Waals surface area (Å²) in [4.78, 5) is 23.4. The van der Waals surface area contributed by atoms with Gasteiger partial charge >= 0.3 is 5.97 Å². The molecule has 1 aromatic carbocycles. The van der Waals surface area contributed by atoms with Crippen molar-refractivity contribution in [2.45, 2.75) is 31.7 Å². The fourth-order valence-corrected chi connectivity index (χ4v) is 3.07. The number of carboxylic acid groups (broad SMARTS) is 1. The third kappa shape index (κ3) is 3.44. The van der Waals surface area contributed by atoms with Crippen LogP contribution in [-0.4, -0.2) is 23.0 Å². The van der Waals surface area contributed by atoms with E-state index >= 15 is 0 Å². The van der Waals surface area contributed by atoms with Gasteiger partial charge in [0.25, 0.3) is 5.91 Å². The molecule has 1 amide bonds. The number of carboxylic acids is 1. The molecule has 0 radical (unpaired) electrons. The van der Waals surface area contributed by atoms with Gasteiger partial charge in [-0.2, -0.15) is 0 Å². The number of hydrogen-bond acceptors (Lipinski definition) is 3. The molecule has 2 aromatic rings. The first kappa shape index (κ1) is 15.3. The summed E-state index contributed by atoms with van der Waals surface area (Å²) >= 11 is 0. The monoisotopic (exact) mass is 313 g/mol. The van der Waals surface area contributed by atoms with Crippen molar-refractivity contribution >= 4 is 11.9 Å². The fourth-order valence-electron chi connectivity index (χ4n) is 3.07. The molecule has 5 nitrogen and oxygen atoms in total. The molecule has 0 spiro atoms. The van der Waals surface area contributed by atoms with Crippen LogP contribution in [-0.2, 0) is 4.79 Å². The van der Waals surface area contributed by atoms with Gasteiger partial charge in [-0.3, -0.25) is 9.59 Å². The average molecular weight is 313 g/mol. The molecule has 2 N–H and O–H groups in total. The highest BCUT2D eigenvalue weighted by molar-refractivity contribution is 5.98. The molecular formula is C18H19NO4. The first-order valence-corrected chi connectivity index (χ1v) is 7.81. The summed E-state index contributed by atoms with van der Waals surface area (Å²) < 4.78 is 5.38. The lowest BCUT2D eigenvalue weighted by Crippen LogP contribution is -2.38. The van der Waals surface area contributed by atoms with Crippen LogP contribution in [0.5, 0.6) is 0 Å². The summed E-state index contributed by atoms with van der Waals surface area (Å²) in [5.41, 5.74) is 1.70. The number of aliphatic carboxylic acids is 1. The zero-order valence-corrected chi connectivity index (χ0v) is 12.7. The Balaban J connectivity index is 1.66. The van der Waals surface area contributed by atoms with Crippen LogP contribution in [0.4, 0.5) is 0 Å². The number of carbonyl (C=O) groups excluding carboxylic acids is 1. The van der Waals surface area contributed by atoms with Gasteiger partial charge in [-0.25, -0.2) is 0 Å². The second-order valence-electron chi connectivity index (χ2n) is 5.89. The van der Waals surface area contributed by atoms with Crippen molar-refractivity contribution < 1.29 is 19.1 Å². The van der Waals surface area contributed by atoms with Crippen LogP contribution in [0.25, 0.3) is 11.1 Å². The minimum atomic E-state index is -0.743. The van der Waals surface area contributed by atoms with Crippen LogP contribution in [0, 0.1) is 5.92 Å². The number of hydrogen-bond donors (Lipinski definition) is 2. The largest absolute Gasteiger partial charge is 0.481 e. The Hall–Kier alpha value is -2.56. The Bertz CT molecular complexity index is 684. The van der Waals surface area contributed by atoms with Crippen molar-refractivity contribution in [2.24, 2.45) is 5.92 Å². The van der Waals surface area contributed by atoms with E-state index in [0.717, 1.165) is 11.1 Å². The lowest BCUT2D eigenvalue weighted by Gasteiger charge is -2.26. The van der Waals surface area contributed by atoms with Crippen LogP contribution in [0.1, 0.15) is 36.2 Å². The molecule has 120 valence electrons. The number of furan rings is 1. The van der Waals surface area contributed by atoms with Crippen molar-refractivity contribution in [2.75, 3.05) is 0 Å². The molecule has 5 heteroatoms. The molecule has 1 aliphatic rings. The van der Waals surface area contributed by atoms with E-state index in [1.54, 1.807) is 6.07 Å². The maximum Gasteiger partial charge on any atom is 0.306 e. The SMILES string of the molecule is O=C(NC1CCC(C(=O)O)CC1)c1occc1-c1ccccc1. The first-order chi connectivity index (χ1) is 11.1. The van der Waals surface area contributed by atoms with E-state index in [1.807, 2.05) is 30.3 Å². The number of carbonyl (C=O) groups is 2. The van der Waals surface area contributed by atoms with Crippen molar-refractivity contribution in [1.29, 1.82) is 0 Å². The third-order valence-electron chi connectivity index (χ3n) is 4.37. The molecule has 1 saturated carbocycles. The predicted octanol–water partition coefficient (Wildman–Crippen LogP) is 3.32. The molecule has 1 aliphatic carbocycles. The van der Waals surface area contributed by atoms with Crippen molar-refractivity contribution in [3.63, 3.8) is 0 Å². The van der Waals surface area contributed by atoms with Crippen LogP contribution >= 0.6 is 0 Å². The summed E-state index contributed by atoms with van der Waals surface area (Å²) in [6.45, 7) is 0. The maximum atomic E-state index is 12.5. The molecule has 23 heavy (non-hydrogen) atoms. The van der Waals surface area contributed by atoms with Crippen LogP contribution < -0.4 is 5.32 Å². The summed E-state index contributed by atoms with van der Waals surface area (Å²) in [5.74, 6) is -0.969. The summed E-state index contributed by atoms with van der Waals surface area (Å²) in [5, 5.41) is 12.0. The highest BCUT2D eigenvalue weighted by Gasteiger charge is 2.28. The lowest BCUT2D eigenvalue weighted by atomic mass is 9.86. The Morgan fingerprint density at radius 2 is 1.74 bits per heavy atom. The topological polar surface area (TPSA) is 79.5 Å². The molecular weight excluding hydrogens is 294 g/mol. The Morgan fingerprint density at radius 3 is 2.39 bits per heavy atom. The molecule has 1 fully saturated rings. The molecule has 0 atom stereocenters. The second kappa shape index (κ2) is 6.69. The Morgan fingerprint density at radius 1 is 1.04 bits per heavy atom. The van der Waals surface area contributed by atoms with Gasteiger partial charge in [0.1, 0.15) is 0 Å².